The molecule has 4 aliphatic carbocycles. The molecule has 3 saturated carbocycles. The van der Waals surface area contributed by atoms with Gasteiger partial charge in [0.05, 0.1) is 0 Å². The molecule has 0 aromatic carbocycles. The van der Waals surface area contributed by atoms with Crippen LogP contribution in [0.5, 0.6) is 0 Å². The van der Waals surface area contributed by atoms with Gasteiger partial charge in [0.1, 0.15) is 5.78 Å². The SMILES string of the molecule is CC(=O)[C@@H]1CC[C@@H]2[C@@H]3CC[C@H]4CC=CC[C@]4(C)[C@@H]3CC[C@]21C. The summed E-state index contributed by atoms with van der Waals surface area (Å²) in [4.78, 5) is 12.1. The first-order valence-corrected chi connectivity index (χ1v) is 9.62. The summed E-state index contributed by atoms with van der Waals surface area (Å²) in [6.45, 7) is 6.90. The molecule has 0 saturated heterocycles. The summed E-state index contributed by atoms with van der Waals surface area (Å²) >= 11 is 0. The number of ketones is 1. The zero-order valence-corrected chi connectivity index (χ0v) is 14.6. The minimum atomic E-state index is 0.320. The fourth-order valence-electron chi connectivity index (χ4n) is 7.51. The molecule has 0 radical (unpaired) electrons. The van der Waals surface area contributed by atoms with Crippen LogP contribution in [-0.2, 0) is 4.79 Å². The predicted molar refractivity (Wildman–Crippen MR) is 90.4 cm³/mol. The van der Waals surface area contributed by atoms with E-state index >= 15 is 0 Å². The van der Waals surface area contributed by atoms with Crippen molar-refractivity contribution in [3.05, 3.63) is 12.2 Å². The van der Waals surface area contributed by atoms with Crippen LogP contribution >= 0.6 is 0 Å². The topological polar surface area (TPSA) is 17.1 Å². The highest BCUT2D eigenvalue weighted by Crippen LogP contribution is 2.66. The van der Waals surface area contributed by atoms with Crippen molar-refractivity contribution in [2.24, 2.45) is 40.4 Å². The first-order chi connectivity index (χ1) is 10.5. The molecule has 0 amide bonds. The van der Waals surface area contributed by atoms with Gasteiger partial charge in [-0.2, -0.15) is 0 Å². The summed E-state index contributed by atoms with van der Waals surface area (Å²) in [5.41, 5.74) is 0.869. The van der Waals surface area contributed by atoms with Crippen LogP contribution in [0.2, 0.25) is 0 Å². The molecule has 7 atom stereocenters. The number of allylic oxidation sites excluding steroid dienone is 2. The Morgan fingerprint density at radius 1 is 0.955 bits per heavy atom. The van der Waals surface area contributed by atoms with Crippen molar-refractivity contribution in [2.75, 3.05) is 0 Å². The van der Waals surface area contributed by atoms with Crippen LogP contribution < -0.4 is 0 Å². The average molecular weight is 300 g/mol. The molecule has 1 nitrogen and oxygen atoms in total. The Morgan fingerprint density at radius 2 is 1.73 bits per heavy atom. The van der Waals surface area contributed by atoms with Gasteiger partial charge in [-0.05, 0) is 92.8 Å². The molecule has 122 valence electrons. The molecule has 4 rings (SSSR count). The van der Waals surface area contributed by atoms with E-state index in [4.69, 9.17) is 0 Å². The van der Waals surface area contributed by atoms with Gasteiger partial charge in [-0.25, -0.2) is 0 Å². The Morgan fingerprint density at radius 3 is 2.50 bits per heavy atom. The van der Waals surface area contributed by atoms with Crippen LogP contribution in [-0.4, -0.2) is 5.78 Å². The molecule has 0 unspecified atom stereocenters. The van der Waals surface area contributed by atoms with E-state index < -0.39 is 0 Å². The molecular weight excluding hydrogens is 268 g/mol. The van der Waals surface area contributed by atoms with Gasteiger partial charge in [0.25, 0.3) is 0 Å². The van der Waals surface area contributed by atoms with E-state index in [9.17, 15) is 4.79 Å². The lowest BCUT2D eigenvalue weighted by Crippen LogP contribution is -2.52. The molecule has 0 aromatic rings. The fourth-order valence-corrected chi connectivity index (χ4v) is 7.51. The Hall–Kier alpha value is -0.590. The summed E-state index contributed by atoms with van der Waals surface area (Å²) < 4.78 is 0. The maximum Gasteiger partial charge on any atom is 0.133 e. The second-order valence-electron chi connectivity index (χ2n) is 9.35. The van der Waals surface area contributed by atoms with E-state index in [1.807, 2.05) is 6.92 Å². The number of carbonyl (C=O) groups is 1. The van der Waals surface area contributed by atoms with E-state index in [0.717, 1.165) is 23.7 Å². The molecule has 0 spiro atoms. The van der Waals surface area contributed by atoms with Crippen LogP contribution in [0.1, 0.15) is 72.1 Å². The molecule has 22 heavy (non-hydrogen) atoms. The number of hydrogen-bond acceptors (Lipinski definition) is 1. The number of fused-ring (bicyclic) bond motifs is 5. The van der Waals surface area contributed by atoms with E-state index in [0.29, 0.717) is 22.5 Å². The van der Waals surface area contributed by atoms with Gasteiger partial charge >= 0.3 is 0 Å². The molecule has 0 bridgehead atoms. The van der Waals surface area contributed by atoms with Gasteiger partial charge in [-0.3, -0.25) is 4.79 Å². The monoisotopic (exact) mass is 300 g/mol. The second kappa shape index (κ2) is 4.95. The third-order valence-electron chi connectivity index (χ3n) is 8.70. The predicted octanol–water partition coefficient (Wildman–Crippen LogP) is 5.40. The van der Waals surface area contributed by atoms with Crippen LogP contribution in [0.15, 0.2) is 12.2 Å². The number of rotatable bonds is 1. The minimum Gasteiger partial charge on any atom is -0.300 e. The first kappa shape index (κ1) is 15.0. The van der Waals surface area contributed by atoms with Gasteiger partial charge in [0.2, 0.25) is 0 Å². The summed E-state index contributed by atoms with van der Waals surface area (Å²) in [6, 6.07) is 0. The highest BCUT2D eigenvalue weighted by molar-refractivity contribution is 5.79. The Bertz CT molecular complexity index is 506. The zero-order chi connectivity index (χ0) is 15.5. The van der Waals surface area contributed by atoms with E-state index in [2.05, 4.69) is 26.0 Å². The van der Waals surface area contributed by atoms with Crippen molar-refractivity contribution in [1.82, 2.24) is 0 Å². The summed E-state index contributed by atoms with van der Waals surface area (Å²) in [5, 5.41) is 0. The van der Waals surface area contributed by atoms with Crippen molar-refractivity contribution in [3.63, 3.8) is 0 Å². The van der Waals surface area contributed by atoms with Crippen LogP contribution in [0, 0.1) is 40.4 Å². The average Bonchev–Trinajstić information content (AvgIpc) is 2.84. The highest BCUT2D eigenvalue weighted by Gasteiger charge is 2.59. The molecule has 0 N–H and O–H groups in total. The van der Waals surface area contributed by atoms with Crippen molar-refractivity contribution in [3.8, 4) is 0 Å². The smallest absolute Gasteiger partial charge is 0.133 e. The van der Waals surface area contributed by atoms with Gasteiger partial charge in [0, 0.05) is 5.92 Å². The van der Waals surface area contributed by atoms with Crippen LogP contribution in [0.25, 0.3) is 0 Å². The number of hydrogen-bond donors (Lipinski definition) is 0. The Labute approximate surface area is 135 Å². The quantitative estimate of drug-likeness (QED) is 0.592. The third-order valence-corrected chi connectivity index (χ3v) is 8.70. The van der Waals surface area contributed by atoms with Crippen molar-refractivity contribution < 1.29 is 4.79 Å². The van der Waals surface area contributed by atoms with Gasteiger partial charge in [0.15, 0.2) is 0 Å². The Balaban J connectivity index is 1.65. The maximum atomic E-state index is 12.1. The first-order valence-electron chi connectivity index (χ1n) is 9.62. The van der Waals surface area contributed by atoms with Crippen LogP contribution in [0.3, 0.4) is 0 Å². The van der Waals surface area contributed by atoms with E-state index in [1.54, 1.807) is 0 Å². The van der Waals surface area contributed by atoms with Crippen molar-refractivity contribution in [1.29, 1.82) is 0 Å². The molecule has 4 aliphatic rings. The standard InChI is InChI=1S/C21H32O/c1-14(22)17-9-10-18-16-8-7-15-6-4-5-12-20(15,2)19(16)11-13-21(17,18)3/h4-5,15-19H,6-13H2,1-3H3/t15-,16+,17+,18-,19-,20+,21+/m1/s1. The van der Waals surface area contributed by atoms with Gasteiger partial charge in [-0.15, -0.1) is 0 Å². The zero-order valence-electron chi connectivity index (χ0n) is 14.6. The number of carbonyl (C=O) groups excluding carboxylic acids is 1. The largest absolute Gasteiger partial charge is 0.300 e. The van der Waals surface area contributed by atoms with Gasteiger partial charge in [-0.1, -0.05) is 26.0 Å². The van der Waals surface area contributed by atoms with Crippen LogP contribution in [0.4, 0.5) is 0 Å². The number of Topliss-reactive ketones (excluding diaryl/α,β-unsaturated/α-hetero) is 1. The molecule has 0 aromatic heterocycles. The third kappa shape index (κ3) is 1.86. The van der Waals surface area contributed by atoms with Crippen molar-refractivity contribution in [2.45, 2.75) is 72.1 Å². The normalized spacial score (nSPS) is 53.5. The maximum absolute atomic E-state index is 12.1. The lowest BCUT2D eigenvalue weighted by molar-refractivity contribution is -0.131. The highest BCUT2D eigenvalue weighted by atomic mass is 16.1. The molecular formula is C21H32O. The fraction of sp³-hybridized carbons (Fsp3) is 0.857. The molecule has 0 aliphatic heterocycles. The molecule has 3 fully saturated rings. The summed E-state index contributed by atoms with van der Waals surface area (Å²) in [7, 11) is 0. The lowest BCUT2D eigenvalue weighted by atomic mass is 9.45. The van der Waals surface area contributed by atoms with E-state index in [-0.39, 0.29) is 0 Å². The minimum absolute atomic E-state index is 0.320. The lowest BCUT2D eigenvalue weighted by Gasteiger charge is -2.59. The van der Waals surface area contributed by atoms with Gasteiger partial charge < -0.3 is 0 Å². The summed E-state index contributed by atoms with van der Waals surface area (Å²) in [5.74, 6) is 4.38. The summed E-state index contributed by atoms with van der Waals surface area (Å²) in [6.07, 6.45) is 15.5. The molecule has 0 heterocycles. The van der Waals surface area contributed by atoms with E-state index in [1.165, 1.54) is 51.4 Å². The van der Waals surface area contributed by atoms with Crippen molar-refractivity contribution >= 4 is 5.78 Å². The second-order valence-corrected chi connectivity index (χ2v) is 9.35. The molecule has 1 heteroatoms. The Kier molecular flexibility index (Phi) is 3.37.